The lowest BCUT2D eigenvalue weighted by molar-refractivity contribution is 0.967. The third-order valence-electron chi connectivity index (χ3n) is 1.62. The minimum absolute atomic E-state index is 0.286. The molecule has 4 nitrogen and oxygen atoms in total. The molecule has 1 heterocycles. The van der Waals surface area contributed by atoms with Gasteiger partial charge >= 0.3 is 5.69 Å². The number of imidazole rings is 1. The van der Waals surface area contributed by atoms with Gasteiger partial charge in [-0.1, -0.05) is 12.1 Å². The second-order valence-corrected chi connectivity index (χ2v) is 2.32. The molecule has 1 aromatic heterocycles. The fourth-order valence-electron chi connectivity index (χ4n) is 1.07. The van der Waals surface area contributed by atoms with Crippen LogP contribution in [0.15, 0.2) is 29.1 Å². The molecule has 0 unspecified atom stereocenters. The van der Waals surface area contributed by atoms with Gasteiger partial charge in [0.15, 0.2) is 0 Å². The van der Waals surface area contributed by atoms with E-state index in [-0.39, 0.29) is 5.69 Å². The predicted octanol–water partition coefficient (Wildman–Crippen LogP) is 0.0434. The third-order valence-corrected chi connectivity index (χ3v) is 1.62. The summed E-state index contributed by atoms with van der Waals surface area (Å²) in [4.78, 5) is 13.5. The molecule has 0 fully saturated rings. The first kappa shape index (κ1) is 6.03. The lowest BCUT2D eigenvalue weighted by Gasteiger charge is -1.89. The molecule has 0 bridgehead atoms. The summed E-state index contributed by atoms with van der Waals surface area (Å²) in [7, 11) is 0. The van der Waals surface area contributed by atoms with Gasteiger partial charge in [-0.2, -0.15) is 0 Å². The van der Waals surface area contributed by atoms with Gasteiger partial charge in [-0.3, -0.25) is 0 Å². The molecule has 2 rings (SSSR count). The quantitative estimate of drug-likeness (QED) is 0.519. The van der Waals surface area contributed by atoms with Crippen molar-refractivity contribution in [3.05, 3.63) is 34.7 Å². The number of hydrogen-bond donors (Lipinski definition) is 2. The highest BCUT2D eigenvalue weighted by atomic mass is 16.1. The maximum atomic E-state index is 10.9. The van der Waals surface area contributed by atoms with Crippen LogP contribution in [0.5, 0.6) is 0 Å². The van der Waals surface area contributed by atoms with Crippen LogP contribution in [-0.4, -0.2) is 9.66 Å². The Labute approximate surface area is 62.2 Å². The Balaban J connectivity index is 3.04. The zero-order chi connectivity index (χ0) is 7.84. The van der Waals surface area contributed by atoms with E-state index in [9.17, 15) is 4.79 Å². The van der Waals surface area contributed by atoms with Crippen LogP contribution in [0.2, 0.25) is 0 Å². The summed E-state index contributed by atoms with van der Waals surface area (Å²) in [6.07, 6.45) is 0. The molecule has 0 radical (unpaired) electrons. The lowest BCUT2D eigenvalue weighted by Crippen LogP contribution is -2.23. The van der Waals surface area contributed by atoms with Gasteiger partial charge in [0.2, 0.25) is 0 Å². The van der Waals surface area contributed by atoms with Crippen molar-refractivity contribution < 1.29 is 0 Å². The summed E-state index contributed by atoms with van der Waals surface area (Å²) < 4.78 is 1.09. The number of rotatable bonds is 0. The van der Waals surface area contributed by atoms with Crippen molar-refractivity contribution >= 4 is 11.0 Å². The summed E-state index contributed by atoms with van der Waals surface area (Å²) in [5.41, 5.74) is 1.20. The number of nitrogens with one attached hydrogen (secondary N) is 1. The Morgan fingerprint density at radius 3 is 2.82 bits per heavy atom. The fourth-order valence-corrected chi connectivity index (χ4v) is 1.07. The van der Waals surface area contributed by atoms with E-state index in [4.69, 9.17) is 5.84 Å². The maximum absolute atomic E-state index is 10.9. The molecule has 3 N–H and O–H groups in total. The number of fused-ring (bicyclic) bond motifs is 1. The van der Waals surface area contributed by atoms with Crippen molar-refractivity contribution in [1.29, 1.82) is 0 Å². The lowest BCUT2D eigenvalue weighted by atomic mass is 10.3. The molecule has 0 spiro atoms. The van der Waals surface area contributed by atoms with Crippen LogP contribution < -0.4 is 11.5 Å². The molecule has 11 heavy (non-hydrogen) atoms. The molecule has 0 saturated heterocycles. The van der Waals surface area contributed by atoms with Crippen molar-refractivity contribution in [2.45, 2.75) is 0 Å². The van der Waals surface area contributed by atoms with E-state index < -0.39 is 0 Å². The summed E-state index contributed by atoms with van der Waals surface area (Å²) in [5.74, 6) is 5.41. The summed E-state index contributed by atoms with van der Waals surface area (Å²) in [6.45, 7) is 0. The van der Waals surface area contributed by atoms with Gasteiger partial charge in [-0.25, -0.2) is 9.47 Å². The van der Waals surface area contributed by atoms with Gasteiger partial charge in [0, 0.05) is 0 Å². The SMILES string of the molecule is Nn1c(=O)[nH]c2ccccc21. The van der Waals surface area contributed by atoms with Crippen LogP contribution >= 0.6 is 0 Å². The first-order valence-corrected chi connectivity index (χ1v) is 3.24. The first-order valence-electron chi connectivity index (χ1n) is 3.24. The molecular weight excluding hydrogens is 142 g/mol. The van der Waals surface area contributed by atoms with E-state index >= 15 is 0 Å². The molecule has 0 aliphatic rings. The molecule has 0 atom stereocenters. The Morgan fingerprint density at radius 2 is 2.09 bits per heavy atom. The van der Waals surface area contributed by atoms with Gasteiger partial charge < -0.3 is 10.8 Å². The summed E-state index contributed by atoms with van der Waals surface area (Å²) in [6, 6.07) is 7.27. The second kappa shape index (κ2) is 1.88. The topological polar surface area (TPSA) is 63.8 Å². The standard InChI is InChI=1S/C7H7N3O/c8-10-6-4-2-1-3-5(6)9-7(10)11/h1-4H,8H2,(H,9,11). The van der Waals surface area contributed by atoms with Crippen molar-refractivity contribution in [3.63, 3.8) is 0 Å². The first-order chi connectivity index (χ1) is 5.29. The van der Waals surface area contributed by atoms with Gasteiger partial charge in [0.25, 0.3) is 0 Å². The molecule has 56 valence electrons. The highest BCUT2D eigenvalue weighted by molar-refractivity contribution is 5.74. The second-order valence-electron chi connectivity index (χ2n) is 2.32. The van der Waals surface area contributed by atoms with Gasteiger partial charge in [0.1, 0.15) is 0 Å². The summed E-state index contributed by atoms with van der Waals surface area (Å²) in [5, 5.41) is 0. The Bertz CT molecular complexity index is 440. The maximum Gasteiger partial charge on any atom is 0.344 e. The molecule has 4 heteroatoms. The summed E-state index contributed by atoms with van der Waals surface area (Å²) >= 11 is 0. The van der Waals surface area contributed by atoms with E-state index in [0.29, 0.717) is 0 Å². The molecule has 0 aliphatic carbocycles. The van der Waals surface area contributed by atoms with Crippen molar-refractivity contribution in [2.75, 3.05) is 5.84 Å². The predicted molar refractivity (Wildman–Crippen MR) is 42.7 cm³/mol. The number of benzene rings is 1. The van der Waals surface area contributed by atoms with Gasteiger partial charge in [-0.15, -0.1) is 0 Å². The minimum atomic E-state index is -0.286. The minimum Gasteiger partial charge on any atom is -0.335 e. The highest BCUT2D eigenvalue weighted by Crippen LogP contribution is 2.05. The van der Waals surface area contributed by atoms with E-state index in [1.54, 1.807) is 12.1 Å². The van der Waals surface area contributed by atoms with Crippen LogP contribution in [0.25, 0.3) is 11.0 Å². The van der Waals surface area contributed by atoms with Crippen molar-refractivity contribution in [1.82, 2.24) is 9.66 Å². The number of hydrogen-bond acceptors (Lipinski definition) is 2. The fraction of sp³-hybridized carbons (Fsp3) is 0. The van der Waals surface area contributed by atoms with Crippen LogP contribution in [0.1, 0.15) is 0 Å². The molecular formula is C7H7N3O. The van der Waals surface area contributed by atoms with Crippen molar-refractivity contribution in [2.24, 2.45) is 0 Å². The van der Waals surface area contributed by atoms with Gasteiger partial charge in [-0.05, 0) is 12.1 Å². The van der Waals surface area contributed by atoms with Crippen LogP contribution in [0.4, 0.5) is 0 Å². The largest absolute Gasteiger partial charge is 0.344 e. The van der Waals surface area contributed by atoms with E-state index in [0.717, 1.165) is 15.7 Å². The van der Waals surface area contributed by atoms with Crippen LogP contribution in [-0.2, 0) is 0 Å². The number of para-hydroxylation sites is 2. The number of aromatic amines is 1. The monoisotopic (exact) mass is 149 g/mol. The van der Waals surface area contributed by atoms with Crippen molar-refractivity contribution in [3.8, 4) is 0 Å². The third kappa shape index (κ3) is 0.724. The zero-order valence-electron chi connectivity index (χ0n) is 5.74. The normalized spacial score (nSPS) is 10.5. The molecule has 0 aliphatic heterocycles. The van der Waals surface area contributed by atoms with Crippen LogP contribution in [0.3, 0.4) is 0 Å². The Morgan fingerprint density at radius 1 is 1.36 bits per heavy atom. The van der Waals surface area contributed by atoms with Gasteiger partial charge in [0.05, 0.1) is 11.0 Å². The van der Waals surface area contributed by atoms with E-state index in [1.165, 1.54) is 0 Å². The average Bonchev–Trinajstić information content (AvgIpc) is 2.30. The average molecular weight is 149 g/mol. The number of nitrogens with two attached hydrogens (primary N) is 1. The van der Waals surface area contributed by atoms with E-state index in [2.05, 4.69) is 4.98 Å². The Kier molecular flexibility index (Phi) is 1.03. The molecule has 2 aromatic rings. The number of H-pyrrole nitrogens is 1. The highest BCUT2D eigenvalue weighted by Gasteiger charge is 1.99. The molecule has 0 saturated carbocycles. The van der Waals surface area contributed by atoms with E-state index in [1.807, 2.05) is 12.1 Å². The number of nitrogen functional groups attached to an aromatic ring is 1. The number of nitrogens with zero attached hydrogens (tertiary/aromatic N) is 1. The molecule has 1 aromatic carbocycles. The zero-order valence-corrected chi connectivity index (χ0v) is 5.74. The molecule has 0 amide bonds. The van der Waals surface area contributed by atoms with Crippen LogP contribution in [0, 0.1) is 0 Å². The number of aromatic nitrogens is 2. The Hall–Kier alpha value is -1.71. The smallest absolute Gasteiger partial charge is 0.335 e.